The van der Waals surface area contributed by atoms with Gasteiger partial charge in [-0.2, -0.15) is 0 Å². The van der Waals surface area contributed by atoms with Crippen molar-refractivity contribution in [2.24, 2.45) is 5.92 Å². The molecule has 5 rings (SSSR count). The smallest absolute Gasteiger partial charge is 0.303 e. The van der Waals surface area contributed by atoms with E-state index >= 15 is 0 Å². The van der Waals surface area contributed by atoms with Gasteiger partial charge in [0.25, 0.3) is 5.91 Å². The van der Waals surface area contributed by atoms with Crippen molar-refractivity contribution < 1.29 is 38.4 Å². The molecule has 3 aromatic carbocycles. The first kappa shape index (κ1) is 33.4. The number of hydrogen-bond donors (Lipinski definition) is 2. The highest BCUT2D eigenvalue weighted by atomic mass is 16.7. The number of amides is 1. The fraction of sp³-hybridized carbons (Fsp3) is 0.444. The van der Waals surface area contributed by atoms with E-state index in [1.54, 1.807) is 21.1 Å². The van der Waals surface area contributed by atoms with Gasteiger partial charge in [0.05, 0.1) is 33.0 Å². The second-order valence-corrected chi connectivity index (χ2v) is 12.0. The van der Waals surface area contributed by atoms with Gasteiger partial charge in [0.1, 0.15) is 0 Å². The summed E-state index contributed by atoms with van der Waals surface area (Å²) < 4.78 is 29.4. The van der Waals surface area contributed by atoms with E-state index in [1.165, 1.54) is 18.1 Å². The predicted octanol–water partition coefficient (Wildman–Crippen LogP) is 4.61. The Morgan fingerprint density at radius 3 is 2.22 bits per heavy atom. The van der Waals surface area contributed by atoms with Crippen molar-refractivity contribution in [1.82, 2.24) is 10.2 Å². The maximum absolute atomic E-state index is 12.3. The zero-order valence-electron chi connectivity index (χ0n) is 27.2. The minimum atomic E-state index is -0.860. The Labute approximate surface area is 270 Å². The molecular formula is C36H44N2O8. The second-order valence-electron chi connectivity index (χ2n) is 12.0. The molecule has 0 bridgehead atoms. The van der Waals surface area contributed by atoms with E-state index < -0.39 is 18.4 Å². The summed E-state index contributed by atoms with van der Waals surface area (Å²) in [7, 11) is 3.32. The average molecular weight is 633 g/mol. The van der Waals surface area contributed by atoms with E-state index in [1.807, 2.05) is 48.5 Å². The van der Waals surface area contributed by atoms with Gasteiger partial charge in [-0.25, -0.2) is 0 Å². The lowest BCUT2D eigenvalue weighted by Gasteiger charge is -2.43. The molecule has 0 aromatic heterocycles. The molecule has 5 atom stereocenters. The van der Waals surface area contributed by atoms with Crippen molar-refractivity contribution >= 4 is 11.9 Å². The van der Waals surface area contributed by atoms with Crippen LogP contribution < -0.4 is 14.8 Å². The summed E-state index contributed by atoms with van der Waals surface area (Å²) >= 11 is 0. The lowest BCUT2D eigenvalue weighted by atomic mass is 9.89. The number of nitrogens with zero attached hydrogens (tertiary/aromatic N) is 1. The predicted molar refractivity (Wildman–Crippen MR) is 171 cm³/mol. The third-order valence-electron chi connectivity index (χ3n) is 8.79. The van der Waals surface area contributed by atoms with E-state index in [0.717, 1.165) is 59.8 Å². The Bertz CT molecular complexity index is 1490. The van der Waals surface area contributed by atoms with Gasteiger partial charge in [-0.1, -0.05) is 55.5 Å². The van der Waals surface area contributed by atoms with Crippen molar-refractivity contribution in [3.05, 3.63) is 94.0 Å². The van der Waals surface area contributed by atoms with Crippen LogP contribution in [0.25, 0.3) is 0 Å². The van der Waals surface area contributed by atoms with Crippen LogP contribution >= 0.6 is 0 Å². The van der Waals surface area contributed by atoms with Crippen LogP contribution in [-0.4, -0.2) is 61.4 Å². The van der Waals surface area contributed by atoms with Crippen LogP contribution in [0.15, 0.2) is 60.7 Å². The molecule has 246 valence electrons. The fourth-order valence-corrected chi connectivity index (χ4v) is 6.11. The van der Waals surface area contributed by atoms with Crippen molar-refractivity contribution in [2.75, 3.05) is 27.3 Å². The van der Waals surface area contributed by atoms with Crippen LogP contribution in [-0.2, 0) is 49.9 Å². The van der Waals surface area contributed by atoms with Gasteiger partial charge >= 0.3 is 5.97 Å². The second kappa shape index (κ2) is 15.1. The Hall–Kier alpha value is -3.96. The molecule has 0 saturated carbocycles. The number of benzene rings is 3. The fourth-order valence-electron chi connectivity index (χ4n) is 6.11. The molecule has 0 aliphatic carbocycles. The summed E-state index contributed by atoms with van der Waals surface area (Å²) in [4.78, 5) is 25.9. The van der Waals surface area contributed by atoms with Crippen LogP contribution in [0.3, 0.4) is 0 Å². The number of rotatable bonds is 11. The first-order valence-electron chi connectivity index (χ1n) is 15.7. The minimum absolute atomic E-state index is 0.0156. The van der Waals surface area contributed by atoms with Gasteiger partial charge in [0.15, 0.2) is 23.9 Å². The number of carbonyl (C=O) groups is 2. The molecule has 46 heavy (non-hydrogen) atoms. The number of methoxy groups -OCH3 is 2. The zero-order valence-corrected chi connectivity index (χ0v) is 27.2. The molecule has 2 N–H and O–H groups in total. The number of hydrogen-bond acceptors (Lipinski definition) is 9. The van der Waals surface area contributed by atoms with E-state index in [2.05, 4.69) is 29.3 Å². The van der Waals surface area contributed by atoms with Crippen LogP contribution in [0.5, 0.6) is 11.5 Å². The SMILES string of the molecule is COc1cc2c(cc1OC)CN(C[C@H]1OC(c3ccc(CNC(=O)[C@H](C)OC(C)=O)cc3)O[C@@H](c3ccc(CO)cc3)[C@H]1C)CC2. The van der Waals surface area contributed by atoms with Gasteiger partial charge in [-0.3, -0.25) is 14.5 Å². The van der Waals surface area contributed by atoms with Crippen LogP contribution in [0, 0.1) is 5.92 Å². The van der Waals surface area contributed by atoms with Crippen molar-refractivity contribution in [3.8, 4) is 11.5 Å². The lowest BCUT2D eigenvalue weighted by Crippen LogP contribution is -2.45. The Balaban J connectivity index is 1.32. The molecule has 3 aromatic rings. The summed E-state index contributed by atoms with van der Waals surface area (Å²) in [5.41, 5.74) is 6.14. The highest BCUT2D eigenvalue weighted by molar-refractivity contribution is 5.82. The molecule has 2 aliphatic heterocycles. The topological polar surface area (TPSA) is 116 Å². The third kappa shape index (κ3) is 7.87. The summed E-state index contributed by atoms with van der Waals surface area (Å²) in [5, 5.41) is 12.4. The quantitative estimate of drug-likeness (QED) is 0.293. The van der Waals surface area contributed by atoms with Crippen molar-refractivity contribution in [3.63, 3.8) is 0 Å². The number of aliphatic hydroxyl groups is 1. The Morgan fingerprint density at radius 1 is 0.957 bits per heavy atom. The molecule has 10 heteroatoms. The van der Waals surface area contributed by atoms with Crippen molar-refractivity contribution in [2.45, 2.75) is 71.5 Å². The number of carbonyl (C=O) groups excluding carboxylic acids is 2. The van der Waals surface area contributed by atoms with E-state index in [0.29, 0.717) is 6.54 Å². The molecule has 2 aliphatic rings. The normalized spacial score (nSPS) is 22.0. The summed E-state index contributed by atoms with van der Waals surface area (Å²) in [6.45, 7) is 7.66. The average Bonchev–Trinajstić information content (AvgIpc) is 3.07. The maximum Gasteiger partial charge on any atom is 0.303 e. The molecular weight excluding hydrogens is 588 g/mol. The van der Waals surface area contributed by atoms with Gasteiger partial charge in [0, 0.05) is 44.6 Å². The van der Waals surface area contributed by atoms with E-state index in [4.69, 9.17) is 23.7 Å². The Kier molecular flexibility index (Phi) is 11.0. The van der Waals surface area contributed by atoms with Crippen LogP contribution in [0.1, 0.15) is 66.5 Å². The first-order chi connectivity index (χ1) is 22.2. The molecule has 2 heterocycles. The molecule has 1 amide bonds. The van der Waals surface area contributed by atoms with E-state index in [-0.39, 0.29) is 30.6 Å². The molecule has 1 unspecified atom stereocenters. The number of esters is 1. The number of aliphatic hydroxyl groups excluding tert-OH is 1. The van der Waals surface area contributed by atoms with Gasteiger partial charge in [0.2, 0.25) is 0 Å². The first-order valence-corrected chi connectivity index (χ1v) is 15.7. The van der Waals surface area contributed by atoms with Gasteiger partial charge in [-0.05, 0) is 53.3 Å². The van der Waals surface area contributed by atoms with Crippen molar-refractivity contribution in [1.29, 1.82) is 0 Å². The lowest BCUT2D eigenvalue weighted by molar-refractivity contribution is -0.276. The zero-order chi connectivity index (χ0) is 32.8. The summed E-state index contributed by atoms with van der Waals surface area (Å²) in [6.07, 6.45) is -0.899. The van der Waals surface area contributed by atoms with Crippen LogP contribution in [0.4, 0.5) is 0 Å². The number of nitrogens with one attached hydrogen (secondary N) is 1. The Morgan fingerprint density at radius 2 is 1.59 bits per heavy atom. The maximum atomic E-state index is 12.3. The summed E-state index contributed by atoms with van der Waals surface area (Å²) in [5.74, 6) is 0.673. The number of ether oxygens (including phenoxy) is 5. The molecule has 1 saturated heterocycles. The summed E-state index contributed by atoms with van der Waals surface area (Å²) in [6, 6.07) is 19.8. The largest absolute Gasteiger partial charge is 0.493 e. The molecule has 0 spiro atoms. The molecule has 1 fully saturated rings. The van der Waals surface area contributed by atoms with Gasteiger partial charge < -0.3 is 34.1 Å². The molecule has 10 nitrogen and oxygen atoms in total. The van der Waals surface area contributed by atoms with E-state index in [9.17, 15) is 14.7 Å². The van der Waals surface area contributed by atoms with Crippen LogP contribution in [0.2, 0.25) is 0 Å². The number of fused-ring (bicyclic) bond motifs is 1. The highest BCUT2D eigenvalue weighted by Crippen LogP contribution is 2.42. The highest BCUT2D eigenvalue weighted by Gasteiger charge is 2.39. The monoisotopic (exact) mass is 632 g/mol. The standard InChI is InChI=1S/C36H44N2O8/c1-22-33(20-38-15-14-29-16-31(42-4)32(43-5)17-30(29)19-38)45-36(46-34(22)27-10-8-26(21-39)9-11-27)28-12-6-25(7-13-28)18-37-35(41)23(2)44-24(3)40/h6-13,16-17,22-23,33-34,36,39H,14-15,18-21H2,1-5H3,(H,37,41)/t22-,23-,33+,34+,36?/m0/s1. The third-order valence-corrected chi connectivity index (χ3v) is 8.79. The minimum Gasteiger partial charge on any atom is -0.493 e. The molecule has 0 radical (unpaired) electrons. The van der Waals surface area contributed by atoms with Gasteiger partial charge in [-0.15, -0.1) is 0 Å².